The quantitative estimate of drug-likeness (QED) is 0.547. The van der Waals surface area contributed by atoms with Gasteiger partial charge in [0.1, 0.15) is 10.7 Å². The number of hydrazone groups is 1. The summed E-state index contributed by atoms with van der Waals surface area (Å²) >= 11 is 1.36. The molecule has 120 valence electrons. The lowest BCUT2D eigenvalue weighted by Crippen LogP contribution is -2.17. The molecule has 0 saturated heterocycles. The van der Waals surface area contributed by atoms with Gasteiger partial charge in [0.15, 0.2) is 0 Å². The standard InChI is InChI=1S/C19H15FN2OS/c1-13-5-7-15(8-6-13)17-9-10-24-18(17)19(23)22-21-12-14-3-2-4-16(20)11-14/h2-12H,1H3,(H,22,23)/b21-12-. The van der Waals surface area contributed by atoms with Crippen LogP contribution in [0.2, 0.25) is 0 Å². The van der Waals surface area contributed by atoms with Crippen molar-refractivity contribution in [1.82, 2.24) is 5.43 Å². The number of hydrogen-bond acceptors (Lipinski definition) is 3. The molecule has 0 spiro atoms. The molecule has 1 aromatic heterocycles. The Balaban J connectivity index is 1.74. The van der Waals surface area contributed by atoms with Gasteiger partial charge in [0, 0.05) is 5.56 Å². The molecule has 3 rings (SSSR count). The predicted molar refractivity (Wildman–Crippen MR) is 96.0 cm³/mol. The Labute approximate surface area is 143 Å². The fourth-order valence-electron chi connectivity index (χ4n) is 2.25. The highest BCUT2D eigenvalue weighted by molar-refractivity contribution is 7.12. The lowest BCUT2D eigenvalue weighted by Gasteiger charge is -2.03. The fraction of sp³-hybridized carbons (Fsp3) is 0.0526. The van der Waals surface area contributed by atoms with Crippen LogP contribution in [-0.4, -0.2) is 12.1 Å². The van der Waals surface area contributed by atoms with E-state index in [1.807, 2.05) is 42.6 Å². The maximum Gasteiger partial charge on any atom is 0.282 e. The number of aryl methyl sites for hydroxylation is 1. The van der Waals surface area contributed by atoms with Crippen LogP contribution in [0.3, 0.4) is 0 Å². The zero-order valence-electron chi connectivity index (χ0n) is 13.0. The van der Waals surface area contributed by atoms with Crippen LogP contribution in [0.1, 0.15) is 20.8 Å². The molecule has 1 heterocycles. The predicted octanol–water partition coefficient (Wildman–Crippen LogP) is 4.63. The van der Waals surface area contributed by atoms with Gasteiger partial charge in [-0.25, -0.2) is 9.82 Å². The summed E-state index contributed by atoms with van der Waals surface area (Å²) in [4.78, 5) is 12.9. The minimum Gasteiger partial charge on any atom is -0.266 e. The van der Waals surface area contributed by atoms with E-state index in [1.54, 1.807) is 12.1 Å². The normalized spacial score (nSPS) is 10.9. The number of rotatable bonds is 4. The lowest BCUT2D eigenvalue weighted by molar-refractivity contribution is 0.0960. The number of amides is 1. The summed E-state index contributed by atoms with van der Waals surface area (Å²) in [7, 11) is 0. The number of halogens is 1. The summed E-state index contributed by atoms with van der Waals surface area (Å²) in [6.07, 6.45) is 1.42. The number of nitrogens with one attached hydrogen (secondary N) is 1. The molecule has 3 nitrogen and oxygen atoms in total. The van der Waals surface area contributed by atoms with Crippen molar-refractivity contribution in [3.05, 3.63) is 81.8 Å². The average Bonchev–Trinajstić information content (AvgIpc) is 3.05. The van der Waals surface area contributed by atoms with Crippen molar-refractivity contribution < 1.29 is 9.18 Å². The van der Waals surface area contributed by atoms with Gasteiger partial charge < -0.3 is 0 Å². The molecule has 1 N–H and O–H groups in total. The Hall–Kier alpha value is -2.79. The molecule has 0 saturated carbocycles. The maximum atomic E-state index is 13.1. The van der Waals surface area contributed by atoms with E-state index in [9.17, 15) is 9.18 Å². The van der Waals surface area contributed by atoms with Crippen molar-refractivity contribution in [2.24, 2.45) is 5.10 Å². The summed E-state index contributed by atoms with van der Waals surface area (Å²) in [5.74, 6) is -0.626. The fourth-order valence-corrected chi connectivity index (χ4v) is 3.05. The molecule has 0 unspecified atom stereocenters. The summed E-state index contributed by atoms with van der Waals surface area (Å²) < 4.78 is 13.1. The van der Waals surface area contributed by atoms with Crippen molar-refractivity contribution in [2.45, 2.75) is 6.92 Å². The molecule has 2 aromatic carbocycles. The minimum absolute atomic E-state index is 0.284. The summed E-state index contributed by atoms with van der Waals surface area (Å²) in [5, 5.41) is 5.78. The maximum absolute atomic E-state index is 13.1. The second kappa shape index (κ2) is 7.19. The van der Waals surface area contributed by atoms with Crippen molar-refractivity contribution in [1.29, 1.82) is 0 Å². The van der Waals surface area contributed by atoms with Gasteiger partial charge >= 0.3 is 0 Å². The molecule has 0 bridgehead atoms. The summed E-state index contributed by atoms with van der Waals surface area (Å²) in [6, 6.07) is 15.9. The van der Waals surface area contributed by atoms with E-state index < -0.39 is 0 Å². The van der Waals surface area contributed by atoms with Crippen LogP contribution in [0, 0.1) is 12.7 Å². The highest BCUT2D eigenvalue weighted by Crippen LogP contribution is 2.28. The van der Waals surface area contributed by atoms with Crippen LogP contribution in [0.25, 0.3) is 11.1 Å². The number of thiophene rings is 1. The van der Waals surface area contributed by atoms with E-state index in [2.05, 4.69) is 10.5 Å². The Kier molecular flexibility index (Phi) is 4.82. The van der Waals surface area contributed by atoms with Crippen molar-refractivity contribution in [3.8, 4) is 11.1 Å². The first kappa shape index (κ1) is 16.1. The van der Waals surface area contributed by atoms with Crippen LogP contribution >= 0.6 is 11.3 Å². The van der Waals surface area contributed by atoms with Gasteiger partial charge in [0.05, 0.1) is 6.21 Å². The molecule has 3 aromatic rings. The van der Waals surface area contributed by atoms with Gasteiger partial charge in [-0.2, -0.15) is 5.10 Å². The van der Waals surface area contributed by atoms with Crippen LogP contribution in [0.15, 0.2) is 65.1 Å². The molecule has 1 amide bonds. The Bertz CT molecular complexity index is 884. The van der Waals surface area contributed by atoms with E-state index in [4.69, 9.17) is 0 Å². The van der Waals surface area contributed by atoms with Crippen LogP contribution < -0.4 is 5.43 Å². The number of benzene rings is 2. The molecule has 0 atom stereocenters. The SMILES string of the molecule is Cc1ccc(-c2ccsc2C(=O)N/N=C\c2cccc(F)c2)cc1. The Morgan fingerprint density at radius 3 is 2.71 bits per heavy atom. The van der Waals surface area contributed by atoms with Gasteiger partial charge in [0.2, 0.25) is 0 Å². The third kappa shape index (κ3) is 3.75. The van der Waals surface area contributed by atoms with Crippen LogP contribution in [-0.2, 0) is 0 Å². The first-order valence-corrected chi connectivity index (χ1v) is 8.25. The van der Waals surface area contributed by atoms with E-state index in [0.717, 1.165) is 11.1 Å². The molecule has 0 fully saturated rings. The number of carbonyl (C=O) groups is 1. The molecular formula is C19H15FN2OS. The molecular weight excluding hydrogens is 323 g/mol. The Morgan fingerprint density at radius 2 is 1.96 bits per heavy atom. The number of carbonyl (C=O) groups excluding carboxylic acids is 1. The molecule has 0 aliphatic rings. The zero-order valence-corrected chi connectivity index (χ0v) is 13.8. The van der Waals surface area contributed by atoms with E-state index in [-0.39, 0.29) is 11.7 Å². The Morgan fingerprint density at radius 1 is 1.17 bits per heavy atom. The van der Waals surface area contributed by atoms with Crippen LogP contribution in [0.4, 0.5) is 4.39 Å². The van der Waals surface area contributed by atoms with Gasteiger partial charge in [-0.3, -0.25) is 4.79 Å². The number of hydrogen-bond donors (Lipinski definition) is 1. The highest BCUT2D eigenvalue weighted by Gasteiger charge is 2.13. The van der Waals surface area contributed by atoms with Crippen LogP contribution in [0.5, 0.6) is 0 Å². The van der Waals surface area contributed by atoms with Gasteiger partial charge in [0.25, 0.3) is 5.91 Å². The first-order valence-electron chi connectivity index (χ1n) is 7.37. The zero-order chi connectivity index (χ0) is 16.9. The van der Waals surface area contributed by atoms with Crippen molar-refractivity contribution >= 4 is 23.5 Å². The summed E-state index contributed by atoms with van der Waals surface area (Å²) in [5.41, 5.74) is 6.10. The summed E-state index contributed by atoms with van der Waals surface area (Å²) in [6.45, 7) is 2.02. The van der Waals surface area contributed by atoms with Gasteiger partial charge in [-0.1, -0.05) is 42.0 Å². The topological polar surface area (TPSA) is 41.5 Å². The first-order chi connectivity index (χ1) is 11.6. The average molecular weight is 338 g/mol. The second-order valence-electron chi connectivity index (χ2n) is 5.28. The molecule has 0 aliphatic heterocycles. The third-order valence-electron chi connectivity index (χ3n) is 3.46. The molecule has 0 radical (unpaired) electrons. The number of nitrogens with zero attached hydrogens (tertiary/aromatic N) is 1. The van der Waals surface area contributed by atoms with Gasteiger partial charge in [-0.15, -0.1) is 11.3 Å². The largest absolute Gasteiger partial charge is 0.282 e. The van der Waals surface area contributed by atoms with E-state index >= 15 is 0 Å². The van der Waals surface area contributed by atoms with Crippen molar-refractivity contribution in [3.63, 3.8) is 0 Å². The highest BCUT2D eigenvalue weighted by atomic mass is 32.1. The third-order valence-corrected chi connectivity index (χ3v) is 4.38. The minimum atomic E-state index is -0.342. The second-order valence-corrected chi connectivity index (χ2v) is 6.20. The smallest absolute Gasteiger partial charge is 0.266 e. The monoisotopic (exact) mass is 338 g/mol. The molecule has 0 aliphatic carbocycles. The lowest BCUT2D eigenvalue weighted by atomic mass is 10.1. The molecule has 24 heavy (non-hydrogen) atoms. The van der Waals surface area contributed by atoms with E-state index in [0.29, 0.717) is 10.4 Å². The van der Waals surface area contributed by atoms with E-state index in [1.165, 1.54) is 35.2 Å². The van der Waals surface area contributed by atoms with Crippen molar-refractivity contribution in [2.75, 3.05) is 0 Å². The molecule has 5 heteroatoms. The van der Waals surface area contributed by atoms with Gasteiger partial charge in [-0.05, 0) is 41.6 Å².